The van der Waals surface area contributed by atoms with Gasteiger partial charge in [-0.05, 0) is 43.2 Å². The standard InChI is InChI=1S/C23H21N3O4S/c1-13-22(31-14(2)25-13)20(27)18-19(16-6-8-17(30-3)9-7-16)26(23(29)21(18)28)12-15-5-4-10-24-11-15/h4-11,19,28H,12H2,1-3H3/t19-/m0/s1. The number of ketones is 1. The molecular formula is C23H21N3O4S. The fourth-order valence-electron chi connectivity index (χ4n) is 3.73. The number of aromatic nitrogens is 2. The van der Waals surface area contributed by atoms with Gasteiger partial charge in [0, 0.05) is 18.9 Å². The summed E-state index contributed by atoms with van der Waals surface area (Å²) in [4.78, 5) is 36.9. The van der Waals surface area contributed by atoms with Crippen LogP contribution < -0.4 is 4.74 Å². The Morgan fingerprint density at radius 3 is 2.55 bits per heavy atom. The van der Waals surface area contributed by atoms with E-state index in [1.54, 1.807) is 56.8 Å². The van der Waals surface area contributed by atoms with Gasteiger partial charge in [-0.3, -0.25) is 14.6 Å². The maximum absolute atomic E-state index is 13.5. The third kappa shape index (κ3) is 3.82. The molecule has 0 saturated heterocycles. The van der Waals surface area contributed by atoms with E-state index in [0.717, 1.165) is 10.6 Å². The Bertz CT molecular complexity index is 1170. The molecule has 0 saturated carbocycles. The van der Waals surface area contributed by atoms with Crippen molar-refractivity contribution in [2.75, 3.05) is 7.11 Å². The smallest absolute Gasteiger partial charge is 0.290 e. The highest BCUT2D eigenvalue weighted by atomic mass is 32.1. The summed E-state index contributed by atoms with van der Waals surface area (Å²) in [5, 5.41) is 11.5. The van der Waals surface area contributed by atoms with Crippen molar-refractivity contribution in [1.29, 1.82) is 0 Å². The van der Waals surface area contributed by atoms with Crippen LogP contribution in [-0.2, 0) is 11.3 Å². The van der Waals surface area contributed by atoms with E-state index < -0.39 is 17.7 Å². The number of thiazole rings is 1. The quantitative estimate of drug-likeness (QED) is 0.590. The zero-order valence-corrected chi connectivity index (χ0v) is 18.1. The van der Waals surface area contributed by atoms with Gasteiger partial charge in [-0.25, -0.2) is 4.98 Å². The van der Waals surface area contributed by atoms with Gasteiger partial charge in [0.25, 0.3) is 5.91 Å². The summed E-state index contributed by atoms with van der Waals surface area (Å²) >= 11 is 1.26. The minimum atomic E-state index is -0.743. The summed E-state index contributed by atoms with van der Waals surface area (Å²) in [5.74, 6) is -0.850. The molecule has 3 aromatic rings. The molecule has 0 fully saturated rings. The van der Waals surface area contributed by atoms with Gasteiger partial charge in [0.2, 0.25) is 5.78 Å². The molecule has 0 spiro atoms. The summed E-state index contributed by atoms with van der Waals surface area (Å²) in [7, 11) is 1.57. The van der Waals surface area contributed by atoms with E-state index in [9.17, 15) is 14.7 Å². The zero-order valence-electron chi connectivity index (χ0n) is 17.3. The van der Waals surface area contributed by atoms with Crippen molar-refractivity contribution >= 4 is 23.0 Å². The molecule has 0 aliphatic carbocycles. The van der Waals surface area contributed by atoms with Crippen LogP contribution in [0.3, 0.4) is 0 Å². The summed E-state index contributed by atoms with van der Waals surface area (Å²) in [6, 6.07) is 10.0. The molecule has 8 heteroatoms. The minimum Gasteiger partial charge on any atom is -0.503 e. The molecule has 1 atom stereocenters. The van der Waals surface area contributed by atoms with Gasteiger partial charge in [0.15, 0.2) is 5.76 Å². The van der Waals surface area contributed by atoms with Gasteiger partial charge in [-0.15, -0.1) is 11.3 Å². The molecular weight excluding hydrogens is 414 g/mol. The average molecular weight is 436 g/mol. The highest BCUT2D eigenvalue weighted by molar-refractivity contribution is 7.14. The molecule has 1 aliphatic rings. The monoisotopic (exact) mass is 435 g/mol. The lowest BCUT2D eigenvalue weighted by Crippen LogP contribution is -2.30. The van der Waals surface area contributed by atoms with Gasteiger partial charge in [0.1, 0.15) is 5.75 Å². The lowest BCUT2D eigenvalue weighted by molar-refractivity contribution is -0.130. The fourth-order valence-corrected chi connectivity index (χ4v) is 4.61. The summed E-state index contributed by atoms with van der Waals surface area (Å²) < 4.78 is 5.23. The summed E-state index contributed by atoms with van der Waals surface area (Å²) in [6.45, 7) is 3.77. The molecule has 4 rings (SSSR count). The van der Waals surface area contributed by atoms with Crippen LogP contribution in [0.4, 0.5) is 0 Å². The number of benzene rings is 1. The largest absolute Gasteiger partial charge is 0.503 e. The molecule has 158 valence electrons. The second-order valence-electron chi connectivity index (χ2n) is 7.21. The first-order chi connectivity index (χ1) is 14.9. The van der Waals surface area contributed by atoms with Crippen LogP contribution in [0.15, 0.2) is 60.1 Å². The van der Waals surface area contributed by atoms with Crippen molar-refractivity contribution in [3.05, 3.63) is 86.8 Å². The van der Waals surface area contributed by atoms with Crippen LogP contribution in [0.1, 0.15) is 37.5 Å². The number of ether oxygens (including phenoxy) is 1. The van der Waals surface area contributed by atoms with Crippen LogP contribution in [0.5, 0.6) is 5.75 Å². The second kappa shape index (κ2) is 8.31. The van der Waals surface area contributed by atoms with E-state index in [4.69, 9.17) is 4.74 Å². The normalized spacial score (nSPS) is 16.2. The Labute approximate surface area is 183 Å². The van der Waals surface area contributed by atoms with E-state index in [1.807, 2.05) is 13.0 Å². The number of aryl methyl sites for hydroxylation is 2. The average Bonchev–Trinajstić information content (AvgIpc) is 3.24. The molecule has 7 nitrogen and oxygen atoms in total. The van der Waals surface area contributed by atoms with Crippen LogP contribution in [-0.4, -0.2) is 38.8 Å². The predicted octanol–water partition coefficient (Wildman–Crippen LogP) is 3.94. The van der Waals surface area contributed by atoms with Crippen LogP contribution in [0, 0.1) is 13.8 Å². The number of aliphatic hydroxyl groups is 1. The molecule has 0 bridgehead atoms. The van der Waals surface area contributed by atoms with E-state index in [1.165, 1.54) is 16.2 Å². The van der Waals surface area contributed by atoms with Crippen LogP contribution in [0.25, 0.3) is 0 Å². The molecule has 3 heterocycles. The molecule has 31 heavy (non-hydrogen) atoms. The first-order valence-corrected chi connectivity index (χ1v) is 10.5. The Balaban J connectivity index is 1.81. The van der Waals surface area contributed by atoms with Crippen molar-refractivity contribution in [1.82, 2.24) is 14.9 Å². The highest BCUT2D eigenvalue weighted by Gasteiger charge is 2.44. The number of amides is 1. The molecule has 2 aromatic heterocycles. The maximum Gasteiger partial charge on any atom is 0.290 e. The zero-order chi connectivity index (χ0) is 22.1. The van der Waals surface area contributed by atoms with Crippen molar-refractivity contribution in [2.45, 2.75) is 26.4 Å². The SMILES string of the molecule is COc1ccc([C@H]2C(C(=O)c3sc(C)nc3C)=C(O)C(=O)N2Cc2cccnc2)cc1. The molecule has 1 aromatic carbocycles. The number of hydrogen-bond acceptors (Lipinski definition) is 7. The number of nitrogens with zero attached hydrogens (tertiary/aromatic N) is 3. The predicted molar refractivity (Wildman–Crippen MR) is 116 cm³/mol. The van der Waals surface area contributed by atoms with Gasteiger partial charge in [0.05, 0.1) is 34.3 Å². The number of pyridine rings is 1. The first kappa shape index (κ1) is 20.7. The molecule has 1 amide bonds. The Morgan fingerprint density at radius 1 is 1.23 bits per heavy atom. The van der Waals surface area contributed by atoms with E-state index >= 15 is 0 Å². The van der Waals surface area contributed by atoms with Gasteiger partial charge >= 0.3 is 0 Å². The van der Waals surface area contributed by atoms with Gasteiger partial charge in [-0.2, -0.15) is 0 Å². The van der Waals surface area contributed by atoms with E-state index in [-0.39, 0.29) is 17.9 Å². The van der Waals surface area contributed by atoms with E-state index in [2.05, 4.69) is 9.97 Å². The third-order valence-electron chi connectivity index (χ3n) is 5.17. The third-order valence-corrected chi connectivity index (χ3v) is 6.24. The maximum atomic E-state index is 13.5. The minimum absolute atomic E-state index is 0.0609. The Morgan fingerprint density at radius 2 is 1.97 bits per heavy atom. The number of hydrogen-bond donors (Lipinski definition) is 1. The fraction of sp³-hybridized carbons (Fsp3) is 0.217. The molecule has 0 radical (unpaired) electrons. The van der Waals surface area contributed by atoms with Gasteiger partial charge in [-0.1, -0.05) is 18.2 Å². The first-order valence-electron chi connectivity index (χ1n) is 9.66. The molecule has 1 N–H and O–H groups in total. The van der Waals surface area contributed by atoms with Crippen molar-refractivity contribution in [2.24, 2.45) is 0 Å². The number of aliphatic hydroxyl groups excluding tert-OH is 1. The number of Topliss-reactive ketones (excluding diaryl/α,β-unsaturated/α-hetero) is 1. The summed E-state index contributed by atoms with van der Waals surface area (Å²) in [5.41, 5.74) is 2.13. The number of carbonyl (C=O) groups excluding carboxylic acids is 2. The Hall–Kier alpha value is -3.52. The lowest BCUT2D eigenvalue weighted by atomic mass is 9.95. The number of rotatable bonds is 6. The van der Waals surface area contributed by atoms with Crippen molar-refractivity contribution < 1.29 is 19.4 Å². The second-order valence-corrected chi connectivity index (χ2v) is 8.41. The van der Waals surface area contributed by atoms with Crippen LogP contribution >= 0.6 is 11.3 Å². The summed E-state index contributed by atoms with van der Waals surface area (Å²) in [6.07, 6.45) is 3.31. The number of methoxy groups -OCH3 is 1. The highest BCUT2D eigenvalue weighted by Crippen LogP contribution is 2.41. The topological polar surface area (TPSA) is 92.6 Å². The van der Waals surface area contributed by atoms with E-state index in [0.29, 0.717) is 21.9 Å². The molecule has 1 aliphatic heterocycles. The number of carbonyl (C=O) groups is 2. The van der Waals surface area contributed by atoms with Crippen molar-refractivity contribution in [3.63, 3.8) is 0 Å². The lowest BCUT2D eigenvalue weighted by Gasteiger charge is -2.27. The van der Waals surface area contributed by atoms with Crippen molar-refractivity contribution in [3.8, 4) is 5.75 Å². The molecule has 0 unspecified atom stereocenters. The van der Waals surface area contributed by atoms with Crippen LogP contribution in [0.2, 0.25) is 0 Å². The van der Waals surface area contributed by atoms with Gasteiger partial charge < -0.3 is 14.7 Å². The Kier molecular flexibility index (Phi) is 5.56.